The standard InChI is InChI=1S/C17H26N4O/c1-12-5-7-20(8-6-12)9-10-21-13(2)19-17(22)15-11-14(18)3-4-16(15)21/h3-4,11-13H,5-10,18H2,1-2H3,(H,19,22). The summed E-state index contributed by atoms with van der Waals surface area (Å²) in [5.41, 5.74) is 8.14. The van der Waals surface area contributed by atoms with Crippen LogP contribution in [0.4, 0.5) is 11.4 Å². The van der Waals surface area contributed by atoms with Crippen LogP contribution in [0.5, 0.6) is 0 Å². The van der Waals surface area contributed by atoms with E-state index in [9.17, 15) is 4.79 Å². The third-order valence-electron chi connectivity index (χ3n) is 4.92. The highest BCUT2D eigenvalue weighted by atomic mass is 16.2. The molecule has 1 aromatic rings. The Morgan fingerprint density at radius 2 is 1.95 bits per heavy atom. The highest BCUT2D eigenvalue weighted by Gasteiger charge is 2.28. The Labute approximate surface area is 132 Å². The van der Waals surface area contributed by atoms with Crippen molar-refractivity contribution in [3.63, 3.8) is 0 Å². The number of likely N-dealkylation sites (tertiary alicyclic amines) is 1. The summed E-state index contributed by atoms with van der Waals surface area (Å²) >= 11 is 0. The van der Waals surface area contributed by atoms with Gasteiger partial charge in [-0.15, -0.1) is 0 Å². The molecule has 1 amide bonds. The lowest BCUT2D eigenvalue weighted by molar-refractivity contribution is 0.0929. The number of nitrogens with two attached hydrogens (primary N) is 1. The Kier molecular flexibility index (Phi) is 4.25. The number of nitrogens with zero attached hydrogens (tertiary/aromatic N) is 2. The van der Waals surface area contributed by atoms with Gasteiger partial charge in [0.15, 0.2) is 0 Å². The molecule has 0 spiro atoms. The fourth-order valence-corrected chi connectivity index (χ4v) is 3.39. The van der Waals surface area contributed by atoms with Gasteiger partial charge in [-0.05, 0) is 57.0 Å². The number of hydrogen-bond donors (Lipinski definition) is 2. The lowest BCUT2D eigenvalue weighted by Gasteiger charge is -2.39. The van der Waals surface area contributed by atoms with Crippen LogP contribution in [0.1, 0.15) is 37.0 Å². The average Bonchev–Trinajstić information content (AvgIpc) is 2.49. The molecule has 1 aromatic carbocycles. The number of hydrogen-bond acceptors (Lipinski definition) is 4. The molecular weight excluding hydrogens is 276 g/mol. The first-order valence-corrected chi connectivity index (χ1v) is 8.24. The Morgan fingerprint density at radius 1 is 1.23 bits per heavy atom. The van der Waals surface area contributed by atoms with E-state index in [2.05, 4.69) is 22.0 Å². The number of carbonyl (C=O) groups is 1. The first kappa shape index (κ1) is 15.2. The van der Waals surface area contributed by atoms with Crippen molar-refractivity contribution in [1.82, 2.24) is 10.2 Å². The minimum absolute atomic E-state index is 0.0207. The number of rotatable bonds is 3. The monoisotopic (exact) mass is 302 g/mol. The quantitative estimate of drug-likeness (QED) is 0.837. The molecule has 0 radical (unpaired) electrons. The third-order valence-corrected chi connectivity index (χ3v) is 4.92. The van der Waals surface area contributed by atoms with Gasteiger partial charge in [-0.25, -0.2) is 0 Å². The van der Waals surface area contributed by atoms with Crippen LogP contribution in [0.2, 0.25) is 0 Å². The topological polar surface area (TPSA) is 61.6 Å². The normalized spacial score (nSPS) is 23.3. The van der Waals surface area contributed by atoms with E-state index in [4.69, 9.17) is 5.73 Å². The summed E-state index contributed by atoms with van der Waals surface area (Å²) in [6.45, 7) is 8.70. The van der Waals surface area contributed by atoms with E-state index in [0.717, 1.165) is 24.7 Å². The maximum atomic E-state index is 12.1. The number of fused-ring (bicyclic) bond motifs is 1. The summed E-state index contributed by atoms with van der Waals surface area (Å²) in [7, 11) is 0. The first-order chi connectivity index (χ1) is 10.5. The molecule has 0 aromatic heterocycles. The second-order valence-electron chi connectivity index (χ2n) is 6.64. The average molecular weight is 302 g/mol. The molecule has 5 heteroatoms. The van der Waals surface area contributed by atoms with Gasteiger partial charge in [-0.3, -0.25) is 4.79 Å². The molecule has 1 saturated heterocycles. The van der Waals surface area contributed by atoms with Gasteiger partial charge in [-0.2, -0.15) is 0 Å². The minimum atomic E-state index is -0.0298. The zero-order valence-corrected chi connectivity index (χ0v) is 13.5. The van der Waals surface area contributed by atoms with Crippen molar-refractivity contribution in [2.75, 3.05) is 36.8 Å². The Morgan fingerprint density at radius 3 is 2.68 bits per heavy atom. The van der Waals surface area contributed by atoms with Crippen LogP contribution in [0.15, 0.2) is 18.2 Å². The van der Waals surface area contributed by atoms with Gasteiger partial charge < -0.3 is 20.9 Å². The Balaban J connectivity index is 1.70. The van der Waals surface area contributed by atoms with E-state index in [-0.39, 0.29) is 12.1 Å². The molecule has 3 rings (SSSR count). The van der Waals surface area contributed by atoms with Gasteiger partial charge in [0, 0.05) is 18.8 Å². The zero-order chi connectivity index (χ0) is 15.7. The summed E-state index contributed by atoms with van der Waals surface area (Å²) in [4.78, 5) is 16.9. The predicted molar refractivity (Wildman–Crippen MR) is 90.0 cm³/mol. The summed E-state index contributed by atoms with van der Waals surface area (Å²) in [6, 6.07) is 5.62. The van der Waals surface area contributed by atoms with Gasteiger partial charge in [0.25, 0.3) is 5.91 Å². The molecule has 3 N–H and O–H groups in total. The molecule has 0 aliphatic carbocycles. The number of nitrogens with one attached hydrogen (secondary N) is 1. The Bertz CT molecular complexity index is 552. The molecule has 1 fully saturated rings. The molecule has 1 atom stereocenters. The number of amides is 1. The molecular formula is C17H26N4O. The van der Waals surface area contributed by atoms with Crippen molar-refractivity contribution < 1.29 is 4.79 Å². The molecule has 0 saturated carbocycles. The number of piperidine rings is 1. The Hall–Kier alpha value is -1.75. The van der Waals surface area contributed by atoms with Gasteiger partial charge in [-0.1, -0.05) is 6.92 Å². The lowest BCUT2D eigenvalue weighted by atomic mass is 9.99. The van der Waals surface area contributed by atoms with Crippen molar-refractivity contribution in [2.45, 2.75) is 32.9 Å². The van der Waals surface area contributed by atoms with Crippen LogP contribution in [-0.4, -0.2) is 43.2 Å². The number of benzene rings is 1. The molecule has 120 valence electrons. The van der Waals surface area contributed by atoms with Crippen LogP contribution in [0.25, 0.3) is 0 Å². The molecule has 2 aliphatic rings. The molecule has 2 heterocycles. The van der Waals surface area contributed by atoms with Gasteiger partial charge in [0.1, 0.15) is 0 Å². The maximum Gasteiger partial charge on any atom is 0.255 e. The van der Waals surface area contributed by atoms with E-state index in [1.807, 2.05) is 19.1 Å². The van der Waals surface area contributed by atoms with Crippen molar-refractivity contribution >= 4 is 17.3 Å². The van der Waals surface area contributed by atoms with Crippen molar-refractivity contribution in [1.29, 1.82) is 0 Å². The van der Waals surface area contributed by atoms with Crippen LogP contribution in [-0.2, 0) is 0 Å². The molecule has 2 aliphatic heterocycles. The second kappa shape index (κ2) is 6.16. The van der Waals surface area contributed by atoms with Crippen molar-refractivity contribution in [3.05, 3.63) is 23.8 Å². The second-order valence-corrected chi connectivity index (χ2v) is 6.64. The highest BCUT2D eigenvalue weighted by molar-refractivity contribution is 6.02. The van der Waals surface area contributed by atoms with Gasteiger partial charge in [0.2, 0.25) is 0 Å². The van der Waals surface area contributed by atoms with Crippen molar-refractivity contribution in [2.24, 2.45) is 5.92 Å². The number of carbonyl (C=O) groups excluding carboxylic acids is 1. The number of nitrogen functional groups attached to an aromatic ring is 1. The van der Waals surface area contributed by atoms with Crippen molar-refractivity contribution in [3.8, 4) is 0 Å². The van der Waals surface area contributed by atoms with E-state index >= 15 is 0 Å². The summed E-state index contributed by atoms with van der Waals surface area (Å²) in [5, 5.41) is 3.02. The van der Waals surface area contributed by atoms with Crippen LogP contribution in [0, 0.1) is 5.92 Å². The highest BCUT2D eigenvalue weighted by Crippen LogP contribution is 2.28. The van der Waals surface area contributed by atoms with Crippen LogP contribution < -0.4 is 16.0 Å². The fourth-order valence-electron chi connectivity index (χ4n) is 3.39. The largest absolute Gasteiger partial charge is 0.399 e. The number of anilines is 2. The van der Waals surface area contributed by atoms with E-state index in [1.54, 1.807) is 6.07 Å². The molecule has 1 unspecified atom stereocenters. The summed E-state index contributed by atoms with van der Waals surface area (Å²) in [5.74, 6) is 0.825. The van der Waals surface area contributed by atoms with Crippen LogP contribution >= 0.6 is 0 Å². The van der Waals surface area contributed by atoms with Gasteiger partial charge >= 0.3 is 0 Å². The van der Waals surface area contributed by atoms with E-state index < -0.39 is 0 Å². The van der Waals surface area contributed by atoms with Crippen LogP contribution in [0.3, 0.4) is 0 Å². The SMILES string of the molecule is CC1CCN(CCN2c3ccc(N)cc3C(=O)NC2C)CC1. The fraction of sp³-hybridized carbons (Fsp3) is 0.588. The molecule has 22 heavy (non-hydrogen) atoms. The minimum Gasteiger partial charge on any atom is -0.399 e. The zero-order valence-electron chi connectivity index (χ0n) is 13.5. The first-order valence-electron chi connectivity index (χ1n) is 8.24. The molecule has 0 bridgehead atoms. The lowest BCUT2D eigenvalue weighted by Crippen LogP contribution is -2.53. The molecule has 5 nitrogen and oxygen atoms in total. The maximum absolute atomic E-state index is 12.1. The van der Waals surface area contributed by atoms with E-state index in [0.29, 0.717) is 11.3 Å². The van der Waals surface area contributed by atoms with Gasteiger partial charge in [0.05, 0.1) is 17.4 Å². The van der Waals surface area contributed by atoms with E-state index in [1.165, 1.54) is 25.9 Å². The predicted octanol–water partition coefficient (Wildman–Crippen LogP) is 1.90. The third kappa shape index (κ3) is 3.04. The summed E-state index contributed by atoms with van der Waals surface area (Å²) < 4.78 is 0. The summed E-state index contributed by atoms with van der Waals surface area (Å²) in [6.07, 6.45) is 2.60. The smallest absolute Gasteiger partial charge is 0.255 e.